The molecule has 2 unspecified atom stereocenters. The first-order chi connectivity index (χ1) is 42.1. The van der Waals surface area contributed by atoms with Crippen LogP contribution in [0.25, 0.3) is 67.5 Å². The molecular weight excluding hydrogens is 1500 g/mol. The van der Waals surface area contributed by atoms with Crippen molar-refractivity contribution in [1.82, 2.24) is 29.9 Å². The maximum absolute atomic E-state index is 12.8. The van der Waals surface area contributed by atoms with Gasteiger partial charge < -0.3 is 35.1 Å². The summed E-state index contributed by atoms with van der Waals surface area (Å²) in [6.07, 6.45) is 9.07. The van der Waals surface area contributed by atoms with Gasteiger partial charge >= 0.3 is 0 Å². The molecule has 12 aromatic rings. The Morgan fingerprint density at radius 1 is 0.281 bits per heavy atom. The van der Waals surface area contributed by atoms with Gasteiger partial charge in [0.15, 0.2) is 0 Å². The van der Waals surface area contributed by atoms with E-state index in [0.717, 1.165) is 56.3 Å². The number of hydrogen-bond donors (Lipinski definition) is 2. The zero-order valence-electron chi connectivity index (χ0n) is 47.9. The second-order valence-electron chi connectivity index (χ2n) is 18.4. The molecule has 458 valence electrons. The van der Waals surface area contributed by atoms with Gasteiger partial charge in [0.2, 0.25) is 0 Å². The van der Waals surface area contributed by atoms with Crippen LogP contribution in [0.2, 0.25) is 0 Å². The molecular formula is C72H56F7Ir2N6O2-5. The van der Waals surface area contributed by atoms with Crippen LogP contribution in [0.1, 0.15) is 20.8 Å². The molecule has 8 nitrogen and oxygen atoms in total. The van der Waals surface area contributed by atoms with Crippen LogP contribution in [-0.2, 0) is 40.2 Å². The Hall–Kier alpha value is -9.05. The summed E-state index contributed by atoms with van der Waals surface area (Å²) in [5.41, 5.74) is 9.28. The Bertz CT molecular complexity index is 3330. The van der Waals surface area contributed by atoms with Gasteiger partial charge in [0.25, 0.3) is 0 Å². The van der Waals surface area contributed by atoms with E-state index in [2.05, 4.69) is 60.2 Å². The van der Waals surface area contributed by atoms with E-state index in [4.69, 9.17) is 10.2 Å². The first-order valence-electron chi connectivity index (χ1n) is 26.8. The van der Waals surface area contributed by atoms with Crippen LogP contribution in [0.4, 0.5) is 30.7 Å². The van der Waals surface area contributed by atoms with E-state index in [1.807, 2.05) is 97.9 Å². The van der Waals surface area contributed by atoms with Gasteiger partial charge in [0.1, 0.15) is 11.6 Å². The van der Waals surface area contributed by atoms with E-state index in [0.29, 0.717) is 11.3 Å². The molecule has 0 fully saturated rings. The maximum Gasteiger partial charge on any atom is 0.123 e. The molecule has 6 aromatic carbocycles. The predicted molar refractivity (Wildman–Crippen MR) is 324 cm³/mol. The van der Waals surface area contributed by atoms with Gasteiger partial charge in [0.05, 0.1) is 17.9 Å². The number of nitrogens with zero attached hydrogens (tertiary/aromatic N) is 6. The number of aliphatic hydroxyl groups is 2. The second kappa shape index (κ2) is 39.7. The fraction of sp³-hybridized carbons (Fsp3) is 0.0833. The average Bonchev–Trinajstić information content (AvgIpc) is 3.57. The quantitative estimate of drug-likeness (QED) is 0.114. The van der Waals surface area contributed by atoms with E-state index in [-0.39, 0.29) is 86.8 Å². The van der Waals surface area contributed by atoms with Crippen molar-refractivity contribution < 1.29 is 81.2 Å². The Labute approximate surface area is 540 Å². The van der Waals surface area contributed by atoms with Crippen LogP contribution in [0.5, 0.6) is 0 Å². The zero-order chi connectivity index (χ0) is 62.2. The van der Waals surface area contributed by atoms with Gasteiger partial charge in [-0.2, -0.15) is 0 Å². The van der Waals surface area contributed by atoms with Crippen molar-refractivity contribution in [3.8, 4) is 67.5 Å². The van der Waals surface area contributed by atoms with Crippen LogP contribution < -0.4 is 0 Å². The van der Waals surface area contributed by atoms with Crippen molar-refractivity contribution >= 4 is 0 Å². The Balaban J connectivity index is 0.000000222. The summed E-state index contributed by atoms with van der Waals surface area (Å²) < 4.78 is 88.1. The summed E-state index contributed by atoms with van der Waals surface area (Å²) in [6.45, 7) is 5.17. The van der Waals surface area contributed by atoms with E-state index in [1.165, 1.54) is 97.2 Å². The topological polar surface area (TPSA) is 118 Å². The number of pyridine rings is 6. The molecule has 0 spiro atoms. The van der Waals surface area contributed by atoms with Crippen molar-refractivity contribution in [2.45, 2.75) is 33.0 Å². The second-order valence-corrected chi connectivity index (χ2v) is 18.4. The molecule has 12 rings (SSSR count). The van der Waals surface area contributed by atoms with Crippen molar-refractivity contribution in [3.05, 3.63) is 327 Å². The molecule has 17 heteroatoms. The normalized spacial score (nSPS) is 10.8. The van der Waals surface area contributed by atoms with Gasteiger partial charge in [-0.05, 0) is 115 Å². The summed E-state index contributed by atoms with van der Waals surface area (Å²) in [4.78, 5) is 24.6. The van der Waals surface area contributed by atoms with Crippen molar-refractivity contribution in [1.29, 1.82) is 0 Å². The number of aliphatic hydroxyl groups excluding tert-OH is 2. The van der Waals surface area contributed by atoms with Crippen molar-refractivity contribution in [3.63, 3.8) is 0 Å². The van der Waals surface area contributed by atoms with Crippen LogP contribution in [0.15, 0.2) is 256 Å². The Kier molecular flexibility index (Phi) is 32.3. The molecule has 2 N–H and O–H groups in total. The van der Waals surface area contributed by atoms with Gasteiger partial charge in [-0.1, -0.05) is 61.5 Å². The monoisotopic (exact) mass is 1560 g/mol. The molecule has 0 bridgehead atoms. The summed E-state index contributed by atoms with van der Waals surface area (Å²) in [7, 11) is 0. The minimum atomic E-state index is -0.407. The number of benzene rings is 6. The largest absolute Gasteiger partial charge is 0.393 e. The SMILES string of the molecule is CC(O)C(C)C(C)O.Fc1c[c-]c(-c2cc(F)ccn2)cc1.Fc1c[c-]c(-c2ccccn2)cc1.Fc1c[c-]c(-c2ccccn2)cc1.Fc1c[c-]c(-c2ccccn2)cc1.Fc1c[c-]c(-c2ccccn2)cc1.Fc1ccc(-c2ccccn2)cc1.[Ir].[Ir]. The van der Waals surface area contributed by atoms with Gasteiger partial charge in [-0.15, -0.1) is 149 Å². The molecule has 6 aromatic heterocycles. The smallest absolute Gasteiger partial charge is 0.123 e. The van der Waals surface area contributed by atoms with Crippen LogP contribution >= 0.6 is 0 Å². The fourth-order valence-corrected chi connectivity index (χ4v) is 7.02. The van der Waals surface area contributed by atoms with E-state index < -0.39 is 12.2 Å². The number of hydrogen-bond acceptors (Lipinski definition) is 8. The predicted octanol–water partition coefficient (Wildman–Crippen LogP) is 16.8. The molecule has 6 heterocycles. The third kappa shape index (κ3) is 26.4. The summed E-state index contributed by atoms with van der Waals surface area (Å²) in [6, 6.07) is 72.3. The van der Waals surface area contributed by atoms with E-state index >= 15 is 0 Å². The van der Waals surface area contributed by atoms with E-state index in [9.17, 15) is 30.7 Å². The minimum absolute atomic E-state index is 0. The van der Waals surface area contributed by atoms with Gasteiger partial charge in [-0.25, -0.2) is 8.78 Å². The Morgan fingerprint density at radius 2 is 0.539 bits per heavy atom. The molecule has 0 saturated heterocycles. The molecule has 89 heavy (non-hydrogen) atoms. The first kappa shape index (κ1) is 72.4. The van der Waals surface area contributed by atoms with E-state index in [1.54, 1.807) is 81.2 Å². The van der Waals surface area contributed by atoms with Crippen molar-refractivity contribution in [2.24, 2.45) is 5.92 Å². The standard InChI is InChI=1S/C11H6F2N.C11H8FN.4C11H7FN.C6H14O2.2Ir/c12-9-3-1-8(2-4-9)11-7-10(13)5-6-14-11;5*12-10-6-4-9(5-7-10)11-3-1-2-8-13-11;1-4(5(2)7)6(3)8;;/h1,3-7H;1-8H;4*1-4,6-8H;4-8H,1-3H3;;/q-1;;4*-1;;;. The van der Waals surface area contributed by atoms with Crippen molar-refractivity contribution in [2.75, 3.05) is 0 Å². The zero-order valence-corrected chi connectivity index (χ0v) is 52.7. The third-order valence-electron chi connectivity index (χ3n) is 12.0. The number of halogens is 7. The number of aromatic nitrogens is 6. The summed E-state index contributed by atoms with van der Waals surface area (Å²) in [5.74, 6) is -2.09. The van der Waals surface area contributed by atoms with Crippen LogP contribution in [0, 0.1) is 77.0 Å². The van der Waals surface area contributed by atoms with Gasteiger partial charge in [-0.3, -0.25) is 26.9 Å². The Morgan fingerprint density at radius 3 is 0.764 bits per heavy atom. The molecule has 0 aliphatic carbocycles. The molecule has 0 aliphatic heterocycles. The minimum Gasteiger partial charge on any atom is -0.393 e. The summed E-state index contributed by atoms with van der Waals surface area (Å²) >= 11 is 0. The first-order valence-corrected chi connectivity index (χ1v) is 26.8. The molecule has 0 amide bonds. The maximum atomic E-state index is 12.8. The molecule has 0 aliphatic rings. The average molecular weight is 1550 g/mol. The molecule has 2 atom stereocenters. The van der Waals surface area contributed by atoms with Crippen LogP contribution in [-0.4, -0.2) is 52.3 Å². The molecule has 2 radical (unpaired) electrons. The van der Waals surface area contributed by atoms with Crippen LogP contribution in [0.3, 0.4) is 0 Å². The number of rotatable bonds is 8. The third-order valence-corrected chi connectivity index (χ3v) is 12.0. The van der Waals surface area contributed by atoms with Gasteiger partial charge in [0, 0.05) is 118 Å². The fourth-order valence-electron chi connectivity index (χ4n) is 7.02. The summed E-state index contributed by atoms with van der Waals surface area (Å²) in [5, 5.41) is 17.7. The molecule has 0 saturated carbocycles.